The van der Waals surface area contributed by atoms with Crippen molar-refractivity contribution in [3.63, 3.8) is 0 Å². The smallest absolute Gasteiger partial charge is 0.337 e. The minimum absolute atomic E-state index is 0.421. The fourth-order valence-corrected chi connectivity index (χ4v) is 1.68. The molecule has 15 heavy (non-hydrogen) atoms. The van der Waals surface area contributed by atoms with Crippen LogP contribution < -0.4 is 10.9 Å². The highest BCUT2D eigenvalue weighted by Crippen LogP contribution is 2.24. The predicted octanol–water partition coefficient (Wildman–Crippen LogP) is 2.88. The Bertz CT molecular complexity index is 548. The molecule has 3 nitrogen and oxygen atoms in total. The first kappa shape index (κ1) is 10.1. The minimum atomic E-state index is -0.429. The van der Waals surface area contributed by atoms with Crippen molar-refractivity contribution in [2.45, 2.75) is 6.92 Å². The SMILES string of the molecule is CCNc1ccc2c(Cl)cc(=O)oc2c1. The van der Waals surface area contributed by atoms with E-state index in [0.29, 0.717) is 10.6 Å². The summed E-state index contributed by atoms with van der Waals surface area (Å²) in [7, 11) is 0. The molecule has 2 aromatic rings. The van der Waals surface area contributed by atoms with Crippen LogP contribution in [0.4, 0.5) is 5.69 Å². The maximum absolute atomic E-state index is 11.1. The van der Waals surface area contributed by atoms with Gasteiger partial charge in [0, 0.05) is 29.8 Å². The third-order valence-corrected chi connectivity index (χ3v) is 2.39. The molecule has 0 unspecified atom stereocenters. The molecule has 4 heteroatoms. The molecule has 0 saturated heterocycles. The molecule has 0 spiro atoms. The zero-order valence-corrected chi connectivity index (χ0v) is 8.97. The largest absolute Gasteiger partial charge is 0.423 e. The topological polar surface area (TPSA) is 42.2 Å². The lowest BCUT2D eigenvalue weighted by Gasteiger charge is -2.04. The first-order valence-corrected chi connectivity index (χ1v) is 5.06. The van der Waals surface area contributed by atoms with Crippen LogP contribution in [0.25, 0.3) is 11.0 Å². The number of hydrogen-bond donors (Lipinski definition) is 1. The summed E-state index contributed by atoms with van der Waals surface area (Å²) < 4.78 is 5.05. The van der Waals surface area contributed by atoms with Crippen LogP contribution in [0.1, 0.15) is 6.92 Å². The number of benzene rings is 1. The summed E-state index contributed by atoms with van der Waals surface area (Å²) in [6.07, 6.45) is 0. The van der Waals surface area contributed by atoms with E-state index < -0.39 is 5.63 Å². The molecule has 0 atom stereocenters. The average Bonchev–Trinajstić information content (AvgIpc) is 2.17. The molecule has 0 fully saturated rings. The van der Waals surface area contributed by atoms with Gasteiger partial charge in [-0.3, -0.25) is 0 Å². The van der Waals surface area contributed by atoms with Gasteiger partial charge in [0.1, 0.15) is 5.58 Å². The van der Waals surface area contributed by atoms with Gasteiger partial charge in [-0.15, -0.1) is 0 Å². The van der Waals surface area contributed by atoms with Gasteiger partial charge >= 0.3 is 5.63 Å². The zero-order chi connectivity index (χ0) is 10.8. The molecule has 2 rings (SSSR count). The average molecular weight is 224 g/mol. The monoisotopic (exact) mass is 223 g/mol. The van der Waals surface area contributed by atoms with Crippen molar-refractivity contribution in [1.29, 1.82) is 0 Å². The van der Waals surface area contributed by atoms with E-state index in [1.54, 1.807) is 6.07 Å². The normalized spacial score (nSPS) is 10.5. The third-order valence-electron chi connectivity index (χ3n) is 2.07. The van der Waals surface area contributed by atoms with Crippen molar-refractivity contribution in [3.8, 4) is 0 Å². The number of anilines is 1. The highest BCUT2D eigenvalue weighted by molar-refractivity contribution is 6.35. The Morgan fingerprint density at radius 3 is 2.93 bits per heavy atom. The second kappa shape index (κ2) is 3.95. The number of hydrogen-bond acceptors (Lipinski definition) is 3. The number of fused-ring (bicyclic) bond motifs is 1. The molecule has 0 amide bonds. The molecule has 1 aromatic heterocycles. The summed E-state index contributed by atoms with van der Waals surface area (Å²) in [5, 5.41) is 4.30. The highest BCUT2D eigenvalue weighted by Gasteiger charge is 2.03. The summed E-state index contributed by atoms with van der Waals surface area (Å²) in [6, 6.07) is 6.78. The Balaban J connectivity index is 2.65. The molecule has 1 N–H and O–H groups in total. The fourth-order valence-electron chi connectivity index (χ4n) is 1.44. The molecule has 0 saturated carbocycles. The van der Waals surface area contributed by atoms with Crippen molar-refractivity contribution in [2.24, 2.45) is 0 Å². The van der Waals surface area contributed by atoms with Crippen LogP contribution in [0.15, 0.2) is 33.5 Å². The molecule has 78 valence electrons. The van der Waals surface area contributed by atoms with E-state index >= 15 is 0 Å². The van der Waals surface area contributed by atoms with Gasteiger partial charge in [-0.05, 0) is 19.1 Å². The Kier molecular flexibility index (Phi) is 2.64. The van der Waals surface area contributed by atoms with E-state index in [4.69, 9.17) is 16.0 Å². The van der Waals surface area contributed by atoms with E-state index in [9.17, 15) is 4.79 Å². The van der Waals surface area contributed by atoms with Crippen LogP contribution in [0.2, 0.25) is 5.02 Å². The summed E-state index contributed by atoms with van der Waals surface area (Å²) in [6.45, 7) is 2.81. The van der Waals surface area contributed by atoms with Gasteiger partial charge in [0.2, 0.25) is 0 Å². The van der Waals surface area contributed by atoms with E-state index in [1.807, 2.05) is 19.1 Å². The van der Waals surface area contributed by atoms with Crippen molar-refractivity contribution in [1.82, 2.24) is 0 Å². The van der Waals surface area contributed by atoms with Crippen LogP contribution in [-0.2, 0) is 0 Å². The molecule has 0 aliphatic heterocycles. The standard InChI is InChI=1S/C11H10ClNO2/c1-2-13-7-3-4-8-9(12)6-11(14)15-10(8)5-7/h3-6,13H,2H2,1H3. The van der Waals surface area contributed by atoms with Gasteiger partial charge < -0.3 is 9.73 Å². The van der Waals surface area contributed by atoms with E-state index in [0.717, 1.165) is 17.6 Å². The minimum Gasteiger partial charge on any atom is -0.423 e. The molecular weight excluding hydrogens is 214 g/mol. The van der Waals surface area contributed by atoms with Crippen LogP contribution >= 0.6 is 11.6 Å². The van der Waals surface area contributed by atoms with E-state index in [1.165, 1.54) is 6.07 Å². The Labute approximate surface area is 91.7 Å². The lowest BCUT2D eigenvalue weighted by Crippen LogP contribution is -1.98. The summed E-state index contributed by atoms with van der Waals surface area (Å²) in [5.41, 5.74) is 0.988. The predicted molar refractivity (Wildman–Crippen MR) is 61.7 cm³/mol. The Morgan fingerprint density at radius 1 is 1.40 bits per heavy atom. The van der Waals surface area contributed by atoms with Crippen molar-refractivity contribution >= 4 is 28.3 Å². The summed E-state index contributed by atoms with van der Waals surface area (Å²) in [5.74, 6) is 0. The van der Waals surface area contributed by atoms with Gasteiger partial charge in [0.25, 0.3) is 0 Å². The third kappa shape index (κ3) is 1.97. The van der Waals surface area contributed by atoms with E-state index in [2.05, 4.69) is 5.32 Å². The molecule has 1 aromatic carbocycles. The second-order valence-corrected chi connectivity index (χ2v) is 3.56. The van der Waals surface area contributed by atoms with Gasteiger partial charge in [-0.1, -0.05) is 11.6 Å². The molecule has 0 aliphatic rings. The van der Waals surface area contributed by atoms with Gasteiger partial charge in [0.15, 0.2) is 0 Å². The van der Waals surface area contributed by atoms with Crippen LogP contribution in [-0.4, -0.2) is 6.54 Å². The quantitative estimate of drug-likeness (QED) is 0.796. The van der Waals surface area contributed by atoms with E-state index in [-0.39, 0.29) is 0 Å². The summed E-state index contributed by atoms with van der Waals surface area (Å²) in [4.78, 5) is 11.1. The van der Waals surface area contributed by atoms with Crippen LogP contribution in [0.5, 0.6) is 0 Å². The lowest BCUT2D eigenvalue weighted by atomic mass is 10.2. The fraction of sp³-hybridized carbons (Fsp3) is 0.182. The first-order chi connectivity index (χ1) is 7.20. The molecule has 0 radical (unpaired) electrons. The van der Waals surface area contributed by atoms with Gasteiger partial charge in [-0.2, -0.15) is 0 Å². The highest BCUT2D eigenvalue weighted by atomic mass is 35.5. The Morgan fingerprint density at radius 2 is 2.20 bits per heavy atom. The maximum Gasteiger partial charge on any atom is 0.337 e. The molecule has 0 aliphatic carbocycles. The lowest BCUT2D eigenvalue weighted by molar-refractivity contribution is 0.561. The van der Waals surface area contributed by atoms with Crippen molar-refractivity contribution < 1.29 is 4.42 Å². The number of nitrogens with one attached hydrogen (secondary N) is 1. The molecular formula is C11H10ClNO2. The number of halogens is 1. The molecule has 1 heterocycles. The summed E-state index contributed by atoms with van der Waals surface area (Å²) >= 11 is 5.91. The maximum atomic E-state index is 11.1. The van der Waals surface area contributed by atoms with Crippen molar-refractivity contribution in [2.75, 3.05) is 11.9 Å². The van der Waals surface area contributed by atoms with Crippen LogP contribution in [0.3, 0.4) is 0 Å². The second-order valence-electron chi connectivity index (χ2n) is 3.15. The van der Waals surface area contributed by atoms with Gasteiger partial charge in [-0.25, -0.2) is 4.79 Å². The number of rotatable bonds is 2. The van der Waals surface area contributed by atoms with Crippen molar-refractivity contribution in [3.05, 3.63) is 39.7 Å². The zero-order valence-electron chi connectivity index (χ0n) is 8.21. The van der Waals surface area contributed by atoms with Crippen LogP contribution in [0, 0.1) is 0 Å². The Hall–Kier alpha value is -1.48. The van der Waals surface area contributed by atoms with Gasteiger partial charge in [0.05, 0.1) is 5.02 Å². The first-order valence-electron chi connectivity index (χ1n) is 4.68. The molecule has 0 bridgehead atoms.